The van der Waals surface area contributed by atoms with E-state index in [1.165, 1.54) is 141 Å². The van der Waals surface area contributed by atoms with Crippen LogP contribution < -0.4 is 0 Å². The van der Waals surface area contributed by atoms with Gasteiger partial charge < -0.3 is 24.4 Å². The number of carbonyl (C=O) groups excluding carboxylic acids is 3. The topological polar surface area (TPSA) is 136 Å². The molecule has 0 aromatic heterocycles. The third-order valence-corrected chi connectivity index (χ3v) is 10.3. The lowest BCUT2D eigenvalue weighted by molar-refractivity contribution is -0.173. The average Bonchev–Trinajstić information content (AvgIpc) is 3.15. The normalized spacial score (nSPS) is 12.4. The summed E-state index contributed by atoms with van der Waals surface area (Å²) in [6.45, 7) is 3.94. The number of esters is 3. The summed E-state index contributed by atoms with van der Waals surface area (Å²) in [5.74, 6) is -2.68. The summed E-state index contributed by atoms with van der Waals surface area (Å²) in [5.41, 5.74) is 0. The fraction of sp³-hybridized carbons (Fsp3) is 0.911. The predicted molar refractivity (Wildman–Crippen MR) is 218 cm³/mol. The van der Waals surface area contributed by atoms with Gasteiger partial charge in [-0.3, -0.25) is 14.4 Å². The minimum absolute atomic E-state index is 0.0278. The summed E-state index contributed by atoms with van der Waals surface area (Å²) in [7, 11) is 0. The lowest BCUT2D eigenvalue weighted by Gasteiger charge is -2.20. The monoisotopic (exact) mass is 769 g/mol. The van der Waals surface area contributed by atoms with Crippen LogP contribution in [0.1, 0.15) is 239 Å². The smallest absolute Gasteiger partial charge is 0.335 e. The molecule has 318 valence electrons. The Morgan fingerprint density at radius 2 is 0.722 bits per heavy atom. The van der Waals surface area contributed by atoms with Crippen molar-refractivity contribution in [3.8, 4) is 0 Å². The Morgan fingerprint density at radius 1 is 0.426 bits per heavy atom. The highest BCUT2D eigenvalue weighted by Gasteiger charge is 2.24. The van der Waals surface area contributed by atoms with Crippen LogP contribution in [-0.2, 0) is 33.4 Å². The van der Waals surface area contributed by atoms with Gasteiger partial charge in [-0.1, -0.05) is 194 Å². The minimum Gasteiger partial charge on any atom is -0.481 e. The molecule has 0 radical (unpaired) electrons. The molecule has 0 heterocycles. The van der Waals surface area contributed by atoms with Crippen LogP contribution in [0.3, 0.4) is 0 Å². The van der Waals surface area contributed by atoms with Gasteiger partial charge in [-0.2, -0.15) is 0 Å². The molecule has 2 unspecified atom stereocenters. The van der Waals surface area contributed by atoms with Gasteiger partial charge in [-0.25, -0.2) is 4.79 Å². The number of rotatable bonds is 42. The largest absolute Gasteiger partial charge is 0.481 e. The summed E-state index contributed by atoms with van der Waals surface area (Å²) in [4.78, 5) is 48.1. The van der Waals surface area contributed by atoms with Crippen LogP contribution >= 0.6 is 0 Å². The molecule has 0 aromatic carbocycles. The summed E-state index contributed by atoms with van der Waals surface area (Å²) >= 11 is 0. The first-order valence-corrected chi connectivity index (χ1v) is 22.7. The van der Waals surface area contributed by atoms with E-state index in [4.69, 9.17) is 19.3 Å². The first-order chi connectivity index (χ1) is 26.3. The Kier molecular flexibility index (Phi) is 38.9. The van der Waals surface area contributed by atoms with Crippen molar-refractivity contribution in [2.75, 3.05) is 13.2 Å². The minimum atomic E-state index is -1.30. The van der Waals surface area contributed by atoms with Crippen LogP contribution in [0.4, 0.5) is 0 Å². The van der Waals surface area contributed by atoms with E-state index in [0.29, 0.717) is 19.3 Å². The second-order valence-electron chi connectivity index (χ2n) is 15.6. The predicted octanol–water partition coefficient (Wildman–Crippen LogP) is 12.1. The fourth-order valence-corrected chi connectivity index (χ4v) is 6.71. The second-order valence-corrected chi connectivity index (χ2v) is 15.6. The summed E-state index contributed by atoms with van der Waals surface area (Å²) in [5, 5.41) is 19.3. The number of aliphatic hydroxyl groups excluding tert-OH is 1. The van der Waals surface area contributed by atoms with Gasteiger partial charge in [0.15, 0.2) is 12.2 Å². The molecule has 9 nitrogen and oxygen atoms in total. The van der Waals surface area contributed by atoms with Crippen LogP contribution in [0.5, 0.6) is 0 Å². The SMILES string of the molecule is CCCCCCCCCCCCCCCCCC(=O)OCC(COC(=O)CCCCC(=O)O)OC(=O)C(O)CCCCCCCCCCCCCCCC. The highest BCUT2D eigenvalue weighted by molar-refractivity contribution is 5.74. The Bertz CT molecular complexity index is 877. The maximum Gasteiger partial charge on any atom is 0.335 e. The highest BCUT2D eigenvalue weighted by Crippen LogP contribution is 2.16. The molecule has 0 aliphatic heterocycles. The van der Waals surface area contributed by atoms with Crippen molar-refractivity contribution in [2.24, 2.45) is 0 Å². The number of aliphatic hydroxyl groups is 1. The molecule has 0 aromatic rings. The molecule has 0 fully saturated rings. The average molecular weight is 769 g/mol. The van der Waals surface area contributed by atoms with E-state index >= 15 is 0 Å². The fourth-order valence-electron chi connectivity index (χ4n) is 6.71. The first-order valence-electron chi connectivity index (χ1n) is 22.7. The van der Waals surface area contributed by atoms with Crippen molar-refractivity contribution in [1.29, 1.82) is 0 Å². The summed E-state index contributed by atoms with van der Waals surface area (Å²) in [6, 6.07) is 0. The summed E-state index contributed by atoms with van der Waals surface area (Å²) in [6.07, 6.45) is 34.6. The van der Waals surface area contributed by atoms with E-state index < -0.39 is 36.1 Å². The molecule has 0 saturated heterocycles. The van der Waals surface area contributed by atoms with Gasteiger partial charge >= 0.3 is 23.9 Å². The zero-order valence-corrected chi connectivity index (χ0v) is 35.1. The van der Waals surface area contributed by atoms with Crippen LogP contribution in [-0.4, -0.2) is 59.5 Å². The number of carboxylic acid groups (broad SMARTS) is 1. The van der Waals surface area contributed by atoms with Crippen molar-refractivity contribution in [2.45, 2.75) is 251 Å². The number of aliphatic carboxylic acids is 1. The van der Waals surface area contributed by atoms with E-state index in [-0.39, 0.29) is 38.9 Å². The van der Waals surface area contributed by atoms with Crippen molar-refractivity contribution in [3.63, 3.8) is 0 Å². The van der Waals surface area contributed by atoms with Gasteiger partial charge in [-0.05, 0) is 25.7 Å². The van der Waals surface area contributed by atoms with Gasteiger partial charge in [0.2, 0.25) is 0 Å². The third-order valence-electron chi connectivity index (χ3n) is 10.3. The molecule has 9 heteroatoms. The van der Waals surface area contributed by atoms with Crippen LogP contribution in [0.2, 0.25) is 0 Å². The number of ether oxygens (including phenoxy) is 3. The number of carboxylic acids is 1. The number of unbranched alkanes of at least 4 members (excludes halogenated alkanes) is 28. The Labute approximate surface area is 330 Å². The van der Waals surface area contributed by atoms with Crippen LogP contribution in [0, 0.1) is 0 Å². The van der Waals surface area contributed by atoms with Crippen LogP contribution in [0.25, 0.3) is 0 Å². The van der Waals surface area contributed by atoms with E-state index in [1.54, 1.807) is 0 Å². The zero-order chi connectivity index (χ0) is 39.7. The number of hydrogen-bond acceptors (Lipinski definition) is 8. The van der Waals surface area contributed by atoms with Crippen molar-refractivity contribution in [1.82, 2.24) is 0 Å². The van der Waals surface area contributed by atoms with Crippen LogP contribution in [0.15, 0.2) is 0 Å². The highest BCUT2D eigenvalue weighted by atomic mass is 16.6. The van der Waals surface area contributed by atoms with E-state index in [2.05, 4.69) is 13.8 Å². The standard InChI is InChI=1S/C45H84O9/c1-3-5-7-9-11-13-15-17-19-21-23-25-27-29-31-36-43(49)52-38-40(39-53-44(50)37-33-32-35-42(47)48)54-45(51)41(46)34-30-28-26-24-22-20-18-16-14-12-10-8-6-4-2/h40-41,46H,3-39H2,1-2H3,(H,47,48). The Balaban J connectivity index is 4.29. The number of carbonyl (C=O) groups is 4. The van der Waals surface area contributed by atoms with E-state index in [0.717, 1.165) is 38.5 Å². The lowest BCUT2D eigenvalue weighted by Crippen LogP contribution is -2.35. The van der Waals surface area contributed by atoms with Gasteiger partial charge in [-0.15, -0.1) is 0 Å². The molecule has 0 aliphatic carbocycles. The maximum atomic E-state index is 12.7. The first kappa shape index (κ1) is 51.8. The van der Waals surface area contributed by atoms with Gasteiger partial charge in [0.05, 0.1) is 0 Å². The van der Waals surface area contributed by atoms with Gasteiger partial charge in [0, 0.05) is 19.3 Å². The molecular weight excluding hydrogens is 684 g/mol. The zero-order valence-electron chi connectivity index (χ0n) is 35.1. The molecule has 0 rings (SSSR count). The summed E-state index contributed by atoms with van der Waals surface area (Å²) < 4.78 is 16.1. The Morgan fingerprint density at radius 3 is 1.07 bits per heavy atom. The van der Waals surface area contributed by atoms with Gasteiger partial charge in [0.25, 0.3) is 0 Å². The molecule has 0 aliphatic rings. The quantitative estimate of drug-likeness (QED) is 0.0353. The second kappa shape index (κ2) is 40.5. The molecule has 0 amide bonds. The van der Waals surface area contributed by atoms with Crippen molar-refractivity contribution < 1.29 is 43.6 Å². The van der Waals surface area contributed by atoms with Gasteiger partial charge in [0.1, 0.15) is 13.2 Å². The third kappa shape index (κ3) is 38.1. The van der Waals surface area contributed by atoms with Crippen molar-refractivity contribution in [3.05, 3.63) is 0 Å². The van der Waals surface area contributed by atoms with E-state index in [9.17, 15) is 24.3 Å². The van der Waals surface area contributed by atoms with Crippen molar-refractivity contribution >= 4 is 23.9 Å². The maximum absolute atomic E-state index is 12.7. The molecule has 2 atom stereocenters. The molecule has 0 spiro atoms. The van der Waals surface area contributed by atoms with E-state index in [1.807, 2.05) is 0 Å². The molecule has 2 N–H and O–H groups in total. The number of hydrogen-bond donors (Lipinski definition) is 2. The molecule has 0 saturated carbocycles. The lowest BCUT2D eigenvalue weighted by atomic mass is 10.0. The Hall–Kier alpha value is -2.16. The molecule has 0 bridgehead atoms. The molecular formula is C45H84O9. The molecule has 54 heavy (non-hydrogen) atoms.